The fourth-order valence-corrected chi connectivity index (χ4v) is 13.7. The third-order valence-corrected chi connectivity index (χ3v) is 17.8. The molecule has 3 aromatic carbocycles. The molecule has 1 fully saturated rings. The summed E-state index contributed by atoms with van der Waals surface area (Å²) >= 11 is 0. The number of rotatable bonds is 7. The fourth-order valence-electron chi connectivity index (χ4n) is 6.59. The number of benzene rings is 3. The minimum absolute atomic E-state index is 0.0114. The smallest absolute Gasteiger partial charge is 0.169 e. The van der Waals surface area contributed by atoms with Crippen LogP contribution in [0.15, 0.2) is 102 Å². The van der Waals surface area contributed by atoms with E-state index in [0.717, 1.165) is 18.4 Å². The molecule has 0 spiro atoms. The van der Waals surface area contributed by atoms with Gasteiger partial charge in [0.25, 0.3) is 0 Å². The third kappa shape index (κ3) is 5.54. The summed E-state index contributed by atoms with van der Waals surface area (Å²) in [7, 11) is -3.72. The van der Waals surface area contributed by atoms with Gasteiger partial charge in [-0.25, -0.2) is 0 Å². The van der Waals surface area contributed by atoms with Crippen molar-refractivity contribution in [3.8, 4) is 0 Å². The first-order valence-corrected chi connectivity index (χ1v) is 19.6. The average molecular weight is 525 g/mol. The van der Waals surface area contributed by atoms with E-state index in [9.17, 15) is 4.79 Å². The number of Topliss-reactive ketones (excluding diaryl/α,β-unsaturated/α-hetero) is 1. The van der Waals surface area contributed by atoms with E-state index in [0.29, 0.717) is 11.7 Å². The molecule has 3 heteroatoms. The number of hydrogen-bond acceptors (Lipinski definition) is 1. The topological polar surface area (TPSA) is 17.1 Å². The summed E-state index contributed by atoms with van der Waals surface area (Å²) in [6.07, 6.45) is 2.03. The number of ketones is 1. The van der Waals surface area contributed by atoms with Crippen molar-refractivity contribution in [1.29, 1.82) is 0 Å². The molecular formula is C34H44OSi2. The van der Waals surface area contributed by atoms with Crippen molar-refractivity contribution in [2.24, 2.45) is 11.8 Å². The van der Waals surface area contributed by atoms with E-state index >= 15 is 0 Å². The van der Waals surface area contributed by atoms with Crippen LogP contribution in [0.2, 0.25) is 30.7 Å². The molecule has 0 N–H and O–H groups in total. The van der Waals surface area contributed by atoms with E-state index < -0.39 is 16.1 Å². The number of hydrogen-bond donors (Lipinski definition) is 0. The van der Waals surface area contributed by atoms with Crippen molar-refractivity contribution in [2.45, 2.75) is 71.3 Å². The lowest BCUT2D eigenvalue weighted by Crippen LogP contribution is -2.64. The highest BCUT2D eigenvalue weighted by Crippen LogP contribution is 2.48. The molecule has 0 aromatic heterocycles. The molecule has 1 nitrogen and oxygen atoms in total. The Labute approximate surface area is 227 Å². The van der Waals surface area contributed by atoms with Crippen molar-refractivity contribution in [3.05, 3.63) is 107 Å². The highest BCUT2D eigenvalue weighted by molar-refractivity contribution is 7.04. The summed E-state index contributed by atoms with van der Waals surface area (Å²) < 4.78 is 0. The van der Waals surface area contributed by atoms with Crippen LogP contribution >= 0.6 is 0 Å². The molecule has 0 amide bonds. The second-order valence-electron chi connectivity index (χ2n) is 13.1. The number of carbonyl (C=O) groups is 1. The summed E-state index contributed by atoms with van der Waals surface area (Å²) in [6.45, 7) is 17.0. The molecule has 0 radical (unpaired) electrons. The number of carbonyl (C=O) groups excluding carboxylic acids is 1. The van der Waals surface area contributed by atoms with Crippen LogP contribution in [0.3, 0.4) is 0 Å². The zero-order valence-electron chi connectivity index (χ0n) is 23.8. The highest BCUT2D eigenvalue weighted by Gasteiger charge is 2.50. The van der Waals surface area contributed by atoms with Crippen molar-refractivity contribution in [1.82, 2.24) is 0 Å². The SMILES string of the molecule is C/C(=C1\CC(C[Si](c2ccccc2)(c2ccccc2)C(C)(C)C)CC1C(=O)c1ccccc1)[Si](C)(C)C. The second-order valence-corrected chi connectivity index (χ2v) is 23.2. The second kappa shape index (κ2) is 10.7. The number of allylic oxidation sites excluding steroid dienone is 2. The molecule has 4 rings (SSSR count). The lowest BCUT2D eigenvalue weighted by Gasteiger charge is -2.46. The van der Waals surface area contributed by atoms with Gasteiger partial charge in [-0.05, 0) is 36.8 Å². The van der Waals surface area contributed by atoms with Crippen LogP contribution in [0.4, 0.5) is 0 Å². The van der Waals surface area contributed by atoms with E-state index in [1.54, 1.807) is 0 Å². The van der Waals surface area contributed by atoms with Crippen molar-refractivity contribution in [3.63, 3.8) is 0 Å². The van der Waals surface area contributed by atoms with Gasteiger partial charge >= 0.3 is 0 Å². The standard InChI is InChI=1S/C34H44OSi2/c1-26(36(5,6)7)31-23-27(24-32(31)33(35)28-17-11-8-12-18-28)25-37(34(2,3)4,29-19-13-9-14-20-29)30-21-15-10-16-22-30/h8-22,27,32H,23-25H2,1-7H3/b31-26-. The van der Waals surface area contributed by atoms with Crippen LogP contribution in [0, 0.1) is 11.8 Å². The molecule has 3 aromatic rings. The van der Waals surface area contributed by atoms with E-state index in [4.69, 9.17) is 0 Å². The molecule has 2 atom stereocenters. The summed E-state index contributed by atoms with van der Waals surface area (Å²) in [5.41, 5.74) is 2.32. The summed E-state index contributed by atoms with van der Waals surface area (Å²) in [4.78, 5) is 13.9. The van der Waals surface area contributed by atoms with Gasteiger partial charge in [0.1, 0.15) is 8.07 Å². The Hall–Kier alpha value is -2.50. The predicted molar refractivity (Wildman–Crippen MR) is 165 cm³/mol. The maximum Gasteiger partial charge on any atom is 0.169 e. The van der Waals surface area contributed by atoms with Gasteiger partial charge in [0.2, 0.25) is 0 Å². The van der Waals surface area contributed by atoms with Crippen LogP contribution in [-0.2, 0) is 0 Å². The first kappa shape index (κ1) is 27.5. The Kier molecular flexibility index (Phi) is 7.97. The monoisotopic (exact) mass is 524 g/mol. The van der Waals surface area contributed by atoms with Gasteiger partial charge in [0.15, 0.2) is 5.78 Å². The normalized spacial score (nSPS) is 20.1. The molecule has 0 bridgehead atoms. The molecule has 1 aliphatic rings. The maximum atomic E-state index is 13.9. The third-order valence-electron chi connectivity index (χ3n) is 8.89. The highest BCUT2D eigenvalue weighted by atomic mass is 28.3. The molecule has 1 aliphatic carbocycles. The van der Waals surface area contributed by atoms with E-state index in [2.05, 4.69) is 108 Å². The van der Waals surface area contributed by atoms with Crippen LogP contribution < -0.4 is 10.4 Å². The zero-order valence-corrected chi connectivity index (χ0v) is 25.8. The Morgan fingerprint density at radius 3 is 1.68 bits per heavy atom. The van der Waals surface area contributed by atoms with Crippen LogP contribution in [0.5, 0.6) is 0 Å². The van der Waals surface area contributed by atoms with Gasteiger partial charge in [-0.3, -0.25) is 4.79 Å². The first-order chi connectivity index (χ1) is 17.4. The lowest BCUT2D eigenvalue weighted by molar-refractivity contribution is 0.0938. The van der Waals surface area contributed by atoms with E-state index in [1.165, 1.54) is 27.2 Å². The summed E-state index contributed by atoms with van der Waals surface area (Å²) in [5.74, 6) is 0.834. The van der Waals surface area contributed by atoms with Gasteiger partial charge in [0.05, 0.1) is 8.07 Å². The Morgan fingerprint density at radius 1 is 0.784 bits per heavy atom. The van der Waals surface area contributed by atoms with Gasteiger partial charge < -0.3 is 0 Å². The molecule has 37 heavy (non-hydrogen) atoms. The molecule has 0 aliphatic heterocycles. The molecule has 0 heterocycles. The minimum atomic E-state index is -2.19. The first-order valence-electron chi connectivity index (χ1n) is 13.9. The quantitative estimate of drug-likeness (QED) is 0.225. The minimum Gasteiger partial charge on any atom is -0.294 e. The predicted octanol–water partition coefficient (Wildman–Crippen LogP) is 8.15. The summed E-state index contributed by atoms with van der Waals surface area (Å²) in [5, 5.41) is 4.69. The Bertz CT molecular complexity index is 1190. The van der Waals surface area contributed by atoms with Crippen molar-refractivity contribution in [2.75, 3.05) is 0 Å². The van der Waals surface area contributed by atoms with Gasteiger partial charge in [-0.15, -0.1) is 0 Å². The van der Waals surface area contributed by atoms with Crippen molar-refractivity contribution < 1.29 is 4.79 Å². The molecule has 2 unspecified atom stereocenters. The van der Waals surface area contributed by atoms with Gasteiger partial charge in [-0.2, -0.15) is 0 Å². The fraction of sp³-hybridized carbons (Fsp3) is 0.382. The lowest BCUT2D eigenvalue weighted by atomic mass is 9.92. The van der Waals surface area contributed by atoms with Crippen LogP contribution in [0.1, 0.15) is 50.9 Å². The van der Waals surface area contributed by atoms with Crippen LogP contribution in [-0.4, -0.2) is 21.9 Å². The van der Waals surface area contributed by atoms with E-state index in [1.807, 2.05) is 30.3 Å². The molecular weight excluding hydrogens is 481 g/mol. The largest absolute Gasteiger partial charge is 0.294 e. The van der Waals surface area contributed by atoms with Gasteiger partial charge in [0, 0.05) is 11.5 Å². The molecule has 0 saturated heterocycles. The van der Waals surface area contributed by atoms with Gasteiger partial charge in [-0.1, -0.05) is 153 Å². The molecule has 1 saturated carbocycles. The molecule has 194 valence electrons. The Balaban J connectivity index is 1.82. The zero-order chi connectivity index (χ0) is 26.8. The Morgan fingerprint density at radius 2 is 1.24 bits per heavy atom. The van der Waals surface area contributed by atoms with E-state index in [-0.39, 0.29) is 11.0 Å². The van der Waals surface area contributed by atoms with Crippen LogP contribution in [0.25, 0.3) is 0 Å². The van der Waals surface area contributed by atoms with Crippen molar-refractivity contribution >= 4 is 32.3 Å². The average Bonchev–Trinajstić information content (AvgIpc) is 3.30. The summed E-state index contributed by atoms with van der Waals surface area (Å²) in [6, 6.07) is 33.8. The maximum absolute atomic E-state index is 13.9.